The third-order valence-electron chi connectivity index (χ3n) is 1.41. The zero-order valence-electron chi connectivity index (χ0n) is 6.33. The average molecular weight is 182 g/mol. The zero-order chi connectivity index (χ0) is 9.84. The predicted molar refractivity (Wildman–Crippen MR) is 40.3 cm³/mol. The summed E-state index contributed by atoms with van der Waals surface area (Å²) in [5, 5.41) is 19.1. The summed E-state index contributed by atoms with van der Waals surface area (Å²) in [4.78, 5) is 0. The lowest BCUT2D eigenvalue weighted by molar-refractivity contribution is 0.319. The number of nitrogens with zero attached hydrogens (tertiary/aromatic N) is 2. The van der Waals surface area contributed by atoms with Crippen LogP contribution in [0.4, 0.5) is 8.78 Å². The summed E-state index contributed by atoms with van der Waals surface area (Å²) < 4.78 is 25.8. The van der Waals surface area contributed by atoms with E-state index in [0.717, 1.165) is 18.2 Å². The van der Waals surface area contributed by atoms with Gasteiger partial charge in [-0.3, -0.25) is 0 Å². The lowest BCUT2D eigenvalue weighted by atomic mass is 10.1. The van der Waals surface area contributed by atoms with E-state index in [1.165, 1.54) is 6.07 Å². The maximum atomic E-state index is 12.9. The van der Waals surface area contributed by atoms with Gasteiger partial charge in [-0.1, -0.05) is 11.2 Å². The standard InChI is InChI=1S/C8H4F2N2O/c9-5-2-1-3-6(10)8(5)7(4-11)12-13/h1-3,13H/b12-7-. The molecule has 1 N–H and O–H groups in total. The topological polar surface area (TPSA) is 56.4 Å². The summed E-state index contributed by atoms with van der Waals surface area (Å²) in [5.41, 5.74) is -1.30. The largest absolute Gasteiger partial charge is 0.410 e. The van der Waals surface area contributed by atoms with Crippen molar-refractivity contribution >= 4 is 5.71 Å². The van der Waals surface area contributed by atoms with Crippen molar-refractivity contribution in [1.29, 1.82) is 5.26 Å². The van der Waals surface area contributed by atoms with E-state index in [9.17, 15) is 8.78 Å². The Labute approximate surface area is 72.5 Å². The molecular weight excluding hydrogens is 178 g/mol. The third-order valence-corrected chi connectivity index (χ3v) is 1.41. The number of hydrogen-bond acceptors (Lipinski definition) is 3. The second kappa shape index (κ2) is 3.63. The van der Waals surface area contributed by atoms with Crippen LogP contribution in [0.25, 0.3) is 0 Å². The molecule has 0 aliphatic heterocycles. The van der Waals surface area contributed by atoms with Crippen molar-refractivity contribution in [3.8, 4) is 6.07 Å². The molecule has 0 amide bonds. The molecule has 13 heavy (non-hydrogen) atoms. The molecule has 1 aromatic rings. The minimum atomic E-state index is -0.936. The molecule has 66 valence electrons. The number of rotatable bonds is 1. The van der Waals surface area contributed by atoms with Gasteiger partial charge in [-0.05, 0) is 12.1 Å². The molecule has 5 heteroatoms. The van der Waals surface area contributed by atoms with Crippen molar-refractivity contribution in [3.05, 3.63) is 35.4 Å². The van der Waals surface area contributed by atoms with Crippen molar-refractivity contribution in [2.75, 3.05) is 0 Å². The lowest BCUT2D eigenvalue weighted by Crippen LogP contribution is -2.04. The molecule has 0 fully saturated rings. The Morgan fingerprint density at radius 2 is 1.92 bits per heavy atom. The Morgan fingerprint density at radius 3 is 2.31 bits per heavy atom. The van der Waals surface area contributed by atoms with E-state index >= 15 is 0 Å². The third kappa shape index (κ3) is 1.62. The first-order valence-corrected chi connectivity index (χ1v) is 3.27. The Hall–Kier alpha value is -1.96. The van der Waals surface area contributed by atoms with Crippen LogP contribution in [0.5, 0.6) is 0 Å². The first-order chi connectivity index (χ1) is 6.20. The summed E-state index contributed by atoms with van der Waals surface area (Å²) in [6.07, 6.45) is 0. The van der Waals surface area contributed by atoms with Crippen LogP contribution < -0.4 is 0 Å². The fraction of sp³-hybridized carbons (Fsp3) is 0. The van der Waals surface area contributed by atoms with E-state index in [-0.39, 0.29) is 0 Å². The smallest absolute Gasteiger partial charge is 0.192 e. The number of hydrogen-bond donors (Lipinski definition) is 1. The van der Waals surface area contributed by atoms with Crippen LogP contribution in [0.1, 0.15) is 5.56 Å². The molecule has 0 aromatic heterocycles. The van der Waals surface area contributed by atoms with E-state index in [0.29, 0.717) is 0 Å². The van der Waals surface area contributed by atoms with E-state index in [2.05, 4.69) is 5.16 Å². The molecular formula is C8H4F2N2O. The molecule has 0 saturated heterocycles. The highest BCUT2D eigenvalue weighted by Gasteiger charge is 2.14. The summed E-state index contributed by atoms with van der Waals surface area (Å²) in [5.74, 6) is -1.87. The molecule has 0 heterocycles. The highest BCUT2D eigenvalue weighted by Crippen LogP contribution is 2.12. The predicted octanol–water partition coefficient (Wildman–Crippen LogP) is 1.67. The van der Waals surface area contributed by atoms with E-state index in [1.54, 1.807) is 0 Å². The Kier molecular flexibility index (Phi) is 2.55. The number of nitriles is 1. The fourth-order valence-corrected chi connectivity index (χ4v) is 0.852. The minimum Gasteiger partial charge on any atom is -0.410 e. The van der Waals surface area contributed by atoms with Crippen molar-refractivity contribution in [2.24, 2.45) is 5.16 Å². The van der Waals surface area contributed by atoms with E-state index in [1.807, 2.05) is 0 Å². The molecule has 0 saturated carbocycles. The molecule has 0 spiro atoms. The van der Waals surface area contributed by atoms with Crippen molar-refractivity contribution in [3.63, 3.8) is 0 Å². The van der Waals surface area contributed by atoms with Crippen LogP contribution in [-0.4, -0.2) is 10.9 Å². The zero-order valence-corrected chi connectivity index (χ0v) is 6.33. The van der Waals surface area contributed by atoms with Gasteiger partial charge in [-0.15, -0.1) is 0 Å². The first kappa shape index (κ1) is 9.13. The van der Waals surface area contributed by atoms with Gasteiger partial charge in [0.15, 0.2) is 5.71 Å². The molecule has 1 aromatic carbocycles. The molecule has 0 aliphatic carbocycles. The molecule has 1 rings (SSSR count). The van der Waals surface area contributed by atoms with Crippen LogP contribution in [0, 0.1) is 23.0 Å². The van der Waals surface area contributed by atoms with Gasteiger partial charge in [-0.25, -0.2) is 8.78 Å². The second-order valence-corrected chi connectivity index (χ2v) is 2.16. The van der Waals surface area contributed by atoms with Crippen LogP contribution in [0.15, 0.2) is 23.4 Å². The number of benzene rings is 1. The van der Waals surface area contributed by atoms with Gasteiger partial charge in [0, 0.05) is 0 Å². The highest BCUT2D eigenvalue weighted by molar-refractivity contribution is 6.11. The van der Waals surface area contributed by atoms with Gasteiger partial charge < -0.3 is 5.21 Å². The van der Waals surface area contributed by atoms with Crippen LogP contribution in [-0.2, 0) is 0 Å². The van der Waals surface area contributed by atoms with Crippen molar-refractivity contribution in [1.82, 2.24) is 0 Å². The second-order valence-electron chi connectivity index (χ2n) is 2.16. The van der Waals surface area contributed by atoms with Gasteiger partial charge >= 0.3 is 0 Å². The Bertz CT molecular complexity index is 375. The van der Waals surface area contributed by atoms with Gasteiger partial charge in [0.1, 0.15) is 17.7 Å². The summed E-state index contributed by atoms with van der Waals surface area (Å²) >= 11 is 0. The van der Waals surface area contributed by atoms with Crippen molar-refractivity contribution < 1.29 is 14.0 Å². The normalized spacial score (nSPS) is 11.0. The number of halogens is 2. The molecule has 0 bridgehead atoms. The average Bonchev–Trinajstić information content (AvgIpc) is 2.11. The molecule has 0 aliphatic rings. The highest BCUT2D eigenvalue weighted by atomic mass is 19.1. The molecule has 0 radical (unpaired) electrons. The van der Waals surface area contributed by atoms with Gasteiger partial charge in [-0.2, -0.15) is 5.26 Å². The SMILES string of the molecule is N#C/C(=N/O)c1c(F)cccc1F. The van der Waals surface area contributed by atoms with Gasteiger partial charge in [0.05, 0.1) is 5.56 Å². The number of oxime groups is 1. The van der Waals surface area contributed by atoms with E-state index < -0.39 is 22.9 Å². The lowest BCUT2D eigenvalue weighted by Gasteiger charge is -1.99. The monoisotopic (exact) mass is 182 g/mol. The molecule has 0 unspecified atom stereocenters. The Morgan fingerprint density at radius 1 is 1.38 bits per heavy atom. The van der Waals surface area contributed by atoms with Crippen LogP contribution in [0.3, 0.4) is 0 Å². The fourth-order valence-electron chi connectivity index (χ4n) is 0.852. The molecule has 0 atom stereocenters. The molecule has 3 nitrogen and oxygen atoms in total. The van der Waals surface area contributed by atoms with Crippen molar-refractivity contribution in [2.45, 2.75) is 0 Å². The van der Waals surface area contributed by atoms with Crippen LogP contribution >= 0.6 is 0 Å². The first-order valence-electron chi connectivity index (χ1n) is 3.27. The van der Waals surface area contributed by atoms with Gasteiger partial charge in [0.25, 0.3) is 0 Å². The van der Waals surface area contributed by atoms with E-state index in [4.69, 9.17) is 10.5 Å². The van der Waals surface area contributed by atoms with Crippen LogP contribution in [0.2, 0.25) is 0 Å². The summed E-state index contributed by atoms with van der Waals surface area (Å²) in [6, 6.07) is 4.47. The maximum Gasteiger partial charge on any atom is 0.192 e. The Balaban J connectivity index is 3.38. The maximum absolute atomic E-state index is 12.9. The minimum absolute atomic E-state index is 0.618. The summed E-state index contributed by atoms with van der Waals surface area (Å²) in [7, 11) is 0. The van der Waals surface area contributed by atoms with Gasteiger partial charge in [0.2, 0.25) is 0 Å². The summed E-state index contributed by atoms with van der Waals surface area (Å²) in [6.45, 7) is 0. The quantitative estimate of drug-likeness (QED) is 0.408.